The number of ether oxygens (including phenoxy) is 1. The molecule has 108 valence electrons. The fraction of sp³-hybridized carbons (Fsp3) is 0.286. The molecule has 0 heterocycles. The SMILES string of the molecule is CCOc1ccc(/C=C/C(=O)N[C@@H](CO)C(=O)O)cc1. The van der Waals surface area contributed by atoms with Crippen LogP contribution in [-0.2, 0) is 9.59 Å². The molecule has 1 amide bonds. The Morgan fingerprint density at radius 2 is 2.00 bits per heavy atom. The van der Waals surface area contributed by atoms with Gasteiger partial charge < -0.3 is 20.3 Å². The van der Waals surface area contributed by atoms with Crippen LogP contribution in [0.2, 0.25) is 0 Å². The molecule has 3 N–H and O–H groups in total. The second-order valence-corrected chi connectivity index (χ2v) is 3.92. The lowest BCUT2D eigenvalue weighted by atomic mass is 10.2. The average Bonchev–Trinajstić information content (AvgIpc) is 2.44. The Morgan fingerprint density at radius 3 is 2.50 bits per heavy atom. The van der Waals surface area contributed by atoms with E-state index < -0.39 is 24.5 Å². The molecule has 1 aromatic rings. The number of carbonyl (C=O) groups excluding carboxylic acids is 1. The van der Waals surface area contributed by atoms with E-state index in [-0.39, 0.29) is 0 Å². The molecule has 0 unspecified atom stereocenters. The van der Waals surface area contributed by atoms with Crippen LogP contribution in [0.4, 0.5) is 0 Å². The number of aliphatic hydroxyl groups excluding tert-OH is 1. The van der Waals surface area contributed by atoms with Crippen molar-refractivity contribution in [1.29, 1.82) is 0 Å². The zero-order valence-corrected chi connectivity index (χ0v) is 11.1. The molecule has 0 bridgehead atoms. The molecule has 0 spiro atoms. The highest BCUT2D eigenvalue weighted by atomic mass is 16.5. The molecular formula is C14H17NO5. The Balaban J connectivity index is 2.58. The lowest BCUT2D eigenvalue weighted by Crippen LogP contribution is -2.42. The first-order valence-electron chi connectivity index (χ1n) is 6.12. The van der Waals surface area contributed by atoms with Gasteiger partial charge in [-0.05, 0) is 30.7 Å². The Hall–Kier alpha value is -2.34. The van der Waals surface area contributed by atoms with Crippen molar-refractivity contribution < 1.29 is 24.5 Å². The summed E-state index contributed by atoms with van der Waals surface area (Å²) in [4.78, 5) is 22.1. The summed E-state index contributed by atoms with van der Waals surface area (Å²) in [6.45, 7) is 1.81. The zero-order valence-electron chi connectivity index (χ0n) is 11.1. The van der Waals surface area contributed by atoms with Crippen LogP contribution >= 0.6 is 0 Å². The quantitative estimate of drug-likeness (QED) is 0.637. The summed E-state index contributed by atoms with van der Waals surface area (Å²) in [5.74, 6) is -1.13. The normalized spacial score (nSPS) is 12.1. The number of aliphatic carboxylic acids is 1. The number of carboxylic acids is 1. The molecule has 1 aromatic carbocycles. The van der Waals surface area contributed by atoms with E-state index in [9.17, 15) is 9.59 Å². The first kappa shape index (κ1) is 15.7. The lowest BCUT2D eigenvalue weighted by Gasteiger charge is -2.09. The molecule has 0 aromatic heterocycles. The maximum Gasteiger partial charge on any atom is 0.328 e. The Kier molecular flexibility index (Phi) is 6.25. The average molecular weight is 279 g/mol. The predicted octanol–water partition coefficient (Wildman–Crippen LogP) is 0.660. The van der Waals surface area contributed by atoms with Crippen molar-refractivity contribution in [3.8, 4) is 5.75 Å². The van der Waals surface area contributed by atoms with Crippen molar-refractivity contribution >= 4 is 18.0 Å². The molecule has 0 fully saturated rings. The van der Waals surface area contributed by atoms with E-state index in [2.05, 4.69) is 5.32 Å². The summed E-state index contributed by atoms with van der Waals surface area (Å²) in [6.07, 6.45) is 2.75. The number of aliphatic hydroxyl groups is 1. The first-order chi connectivity index (χ1) is 9.56. The summed E-state index contributed by atoms with van der Waals surface area (Å²) >= 11 is 0. The van der Waals surface area contributed by atoms with Crippen LogP contribution in [0.25, 0.3) is 6.08 Å². The van der Waals surface area contributed by atoms with Crippen molar-refractivity contribution in [3.63, 3.8) is 0 Å². The number of benzene rings is 1. The molecule has 0 radical (unpaired) electrons. The van der Waals surface area contributed by atoms with E-state index in [1.54, 1.807) is 30.3 Å². The minimum absolute atomic E-state index is 0.579. The summed E-state index contributed by atoms with van der Waals surface area (Å²) in [6, 6.07) is 5.79. The second kappa shape index (κ2) is 7.96. The fourth-order valence-corrected chi connectivity index (χ4v) is 1.42. The van der Waals surface area contributed by atoms with Gasteiger partial charge in [-0.15, -0.1) is 0 Å². The van der Waals surface area contributed by atoms with Gasteiger partial charge >= 0.3 is 5.97 Å². The number of carboxylic acid groups (broad SMARTS) is 1. The number of rotatable bonds is 7. The van der Waals surface area contributed by atoms with Crippen LogP contribution < -0.4 is 10.1 Å². The van der Waals surface area contributed by atoms with Crippen LogP contribution in [0.1, 0.15) is 12.5 Å². The Morgan fingerprint density at radius 1 is 1.35 bits per heavy atom. The van der Waals surface area contributed by atoms with Gasteiger partial charge in [0.05, 0.1) is 13.2 Å². The monoisotopic (exact) mass is 279 g/mol. The van der Waals surface area contributed by atoms with Gasteiger partial charge in [-0.2, -0.15) is 0 Å². The molecule has 0 saturated heterocycles. The smallest absolute Gasteiger partial charge is 0.328 e. The topological polar surface area (TPSA) is 95.9 Å². The van der Waals surface area contributed by atoms with Crippen molar-refractivity contribution in [2.75, 3.05) is 13.2 Å². The second-order valence-electron chi connectivity index (χ2n) is 3.92. The highest BCUT2D eigenvalue weighted by molar-refractivity contribution is 5.94. The van der Waals surface area contributed by atoms with E-state index in [1.807, 2.05) is 6.92 Å². The van der Waals surface area contributed by atoms with Crippen molar-refractivity contribution in [3.05, 3.63) is 35.9 Å². The van der Waals surface area contributed by atoms with E-state index in [0.29, 0.717) is 6.61 Å². The maximum absolute atomic E-state index is 11.5. The van der Waals surface area contributed by atoms with Gasteiger partial charge in [0.15, 0.2) is 6.04 Å². The van der Waals surface area contributed by atoms with Crippen LogP contribution in [0.5, 0.6) is 5.75 Å². The fourth-order valence-electron chi connectivity index (χ4n) is 1.42. The van der Waals surface area contributed by atoms with Crippen molar-refractivity contribution in [2.45, 2.75) is 13.0 Å². The number of hydrogen-bond donors (Lipinski definition) is 3. The van der Waals surface area contributed by atoms with Crippen molar-refractivity contribution in [2.24, 2.45) is 0 Å². The standard InChI is InChI=1S/C14H17NO5/c1-2-20-11-6-3-10(4-7-11)5-8-13(17)15-12(9-16)14(18)19/h3-8,12,16H,2,9H2,1H3,(H,15,17)(H,18,19)/b8-5+/t12-/m0/s1. The maximum atomic E-state index is 11.5. The van der Waals surface area contributed by atoms with Gasteiger partial charge in [-0.1, -0.05) is 12.1 Å². The van der Waals surface area contributed by atoms with E-state index in [4.69, 9.17) is 14.9 Å². The van der Waals surface area contributed by atoms with Gasteiger partial charge in [0.1, 0.15) is 5.75 Å². The van der Waals surface area contributed by atoms with E-state index >= 15 is 0 Å². The summed E-state index contributed by atoms with van der Waals surface area (Å²) in [7, 11) is 0. The lowest BCUT2D eigenvalue weighted by molar-refractivity contribution is -0.142. The largest absolute Gasteiger partial charge is 0.494 e. The van der Waals surface area contributed by atoms with E-state index in [1.165, 1.54) is 6.08 Å². The van der Waals surface area contributed by atoms with Gasteiger partial charge in [-0.25, -0.2) is 4.79 Å². The van der Waals surface area contributed by atoms with Crippen LogP contribution in [0.15, 0.2) is 30.3 Å². The zero-order chi connectivity index (χ0) is 15.0. The van der Waals surface area contributed by atoms with Gasteiger partial charge in [-0.3, -0.25) is 4.79 Å². The summed E-state index contributed by atoms with van der Waals surface area (Å²) in [5, 5.41) is 19.6. The third kappa shape index (κ3) is 5.11. The predicted molar refractivity (Wildman–Crippen MR) is 73.3 cm³/mol. The molecule has 0 aliphatic rings. The molecule has 0 saturated carbocycles. The number of nitrogens with one attached hydrogen (secondary N) is 1. The number of carbonyl (C=O) groups is 2. The summed E-state index contributed by atoms with van der Waals surface area (Å²) in [5.41, 5.74) is 0.777. The Labute approximate surface area is 116 Å². The third-order valence-electron chi connectivity index (χ3n) is 2.42. The van der Waals surface area contributed by atoms with Crippen molar-refractivity contribution in [1.82, 2.24) is 5.32 Å². The van der Waals surface area contributed by atoms with Crippen LogP contribution in [-0.4, -0.2) is 41.3 Å². The number of amides is 1. The first-order valence-corrected chi connectivity index (χ1v) is 6.12. The highest BCUT2D eigenvalue weighted by Crippen LogP contribution is 2.12. The molecule has 20 heavy (non-hydrogen) atoms. The molecule has 1 atom stereocenters. The van der Waals surface area contributed by atoms with Gasteiger partial charge in [0.2, 0.25) is 5.91 Å². The Bertz CT molecular complexity index is 481. The molecule has 1 rings (SSSR count). The minimum atomic E-state index is -1.30. The van der Waals surface area contributed by atoms with Gasteiger partial charge in [0, 0.05) is 6.08 Å². The highest BCUT2D eigenvalue weighted by Gasteiger charge is 2.16. The molecule has 6 heteroatoms. The molecule has 6 nitrogen and oxygen atoms in total. The molecular weight excluding hydrogens is 262 g/mol. The van der Waals surface area contributed by atoms with E-state index in [0.717, 1.165) is 11.3 Å². The number of hydrogen-bond acceptors (Lipinski definition) is 4. The minimum Gasteiger partial charge on any atom is -0.494 e. The van der Waals surface area contributed by atoms with Gasteiger partial charge in [0.25, 0.3) is 0 Å². The molecule has 0 aliphatic heterocycles. The van der Waals surface area contributed by atoms with Crippen LogP contribution in [0, 0.1) is 0 Å². The van der Waals surface area contributed by atoms with Crippen LogP contribution in [0.3, 0.4) is 0 Å². The summed E-state index contributed by atoms with van der Waals surface area (Å²) < 4.78 is 5.28. The third-order valence-corrected chi connectivity index (χ3v) is 2.42. The molecule has 0 aliphatic carbocycles.